The molecule has 0 aromatic heterocycles. The van der Waals surface area contributed by atoms with Gasteiger partial charge in [0.2, 0.25) is 0 Å². The molecule has 0 radical (unpaired) electrons. The highest BCUT2D eigenvalue weighted by molar-refractivity contribution is 5.81. The Morgan fingerprint density at radius 2 is 2.00 bits per heavy atom. The Labute approximate surface area is 124 Å². The molecule has 21 heavy (non-hydrogen) atoms. The van der Waals surface area contributed by atoms with E-state index in [4.69, 9.17) is 14.2 Å². The Kier molecular flexibility index (Phi) is 6.62. The highest BCUT2D eigenvalue weighted by Gasteiger charge is 2.30. The predicted molar refractivity (Wildman–Crippen MR) is 77.6 cm³/mol. The molecule has 2 N–H and O–H groups in total. The number of carbonyl (C=O) groups excluding carboxylic acids is 1. The molecular weight excluding hydrogens is 272 g/mol. The average molecular weight is 294 g/mol. The fourth-order valence-corrected chi connectivity index (χ4v) is 2.22. The summed E-state index contributed by atoms with van der Waals surface area (Å²) in [6, 6.07) is 9.73. The lowest BCUT2D eigenvalue weighted by atomic mass is 10.1. The van der Waals surface area contributed by atoms with Crippen molar-refractivity contribution < 1.29 is 19.0 Å². The smallest absolute Gasteiger partial charge is 0.250 e. The van der Waals surface area contributed by atoms with Gasteiger partial charge in [-0.3, -0.25) is 4.79 Å². The molecule has 1 aliphatic rings. The van der Waals surface area contributed by atoms with E-state index < -0.39 is 6.10 Å². The van der Waals surface area contributed by atoms with E-state index in [-0.39, 0.29) is 18.7 Å². The van der Waals surface area contributed by atoms with Crippen LogP contribution < -0.4 is 10.6 Å². The maximum absolute atomic E-state index is 11.8. The normalized spacial score (nSPS) is 22.6. The second-order valence-corrected chi connectivity index (χ2v) is 4.83. The minimum atomic E-state index is -0.540. The molecule has 0 spiro atoms. The van der Waals surface area contributed by atoms with E-state index in [1.807, 2.05) is 30.3 Å². The fraction of sp³-hybridized carbons (Fsp3) is 0.533. The second-order valence-electron chi connectivity index (χ2n) is 4.83. The summed E-state index contributed by atoms with van der Waals surface area (Å²) >= 11 is 0. The zero-order chi connectivity index (χ0) is 14.9. The number of carbonyl (C=O) groups is 1. The lowest BCUT2D eigenvalue weighted by Crippen LogP contribution is -2.48. The summed E-state index contributed by atoms with van der Waals surface area (Å²) in [4.78, 5) is 11.8. The summed E-state index contributed by atoms with van der Waals surface area (Å²) in [6.07, 6.45) is -0.540. The highest BCUT2D eigenvalue weighted by atomic mass is 16.7. The van der Waals surface area contributed by atoms with Gasteiger partial charge < -0.3 is 24.8 Å². The van der Waals surface area contributed by atoms with E-state index in [0.29, 0.717) is 26.3 Å². The first-order valence-electron chi connectivity index (χ1n) is 7.04. The van der Waals surface area contributed by atoms with Crippen LogP contribution in [0.4, 0.5) is 0 Å². The van der Waals surface area contributed by atoms with E-state index in [0.717, 1.165) is 5.56 Å². The van der Waals surface area contributed by atoms with Gasteiger partial charge in [-0.25, -0.2) is 0 Å². The quantitative estimate of drug-likeness (QED) is 0.558. The number of benzene rings is 1. The van der Waals surface area contributed by atoms with E-state index in [9.17, 15) is 4.79 Å². The fourth-order valence-electron chi connectivity index (χ4n) is 2.22. The molecule has 2 rings (SSSR count). The molecular formula is C15H22N2O4. The number of nitrogens with one attached hydrogen (secondary N) is 2. The lowest BCUT2D eigenvalue weighted by molar-refractivity contribution is -0.134. The van der Waals surface area contributed by atoms with Crippen molar-refractivity contribution in [2.45, 2.75) is 18.8 Å². The van der Waals surface area contributed by atoms with Gasteiger partial charge in [-0.1, -0.05) is 30.3 Å². The molecule has 1 fully saturated rings. The predicted octanol–water partition coefficient (Wildman–Crippen LogP) is 0.280. The molecule has 2 atom stereocenters. The SMILES string of the molecule is CO[C@H]1C(=O)NCCN[C@H]1COCOCc1ccccc1. The van der Waals surface area contributed by atoms with Gasteiger partial charge in [0.25, 0.3) is 5.91 Å². The van der Waals surface area contributed by atoms with E-state index in [1.54, 1.807) is 0 Å². The van der Waals surface area contributed by atoms with Crippen molar-refractivity contribution in [3.63, 3.8) is 0 Å². The van der Waals surface area contributed by atoms with Gasteiger partial charge in [0.15, 0.2) is 6.10 Å². The topological polar surface area (TPSA) is 68.8 Å². The van der Waals surface area contributed by atoms with Gasteiger partial charge in [-0.2, -0.15) is 0 Å². The average Bonchev–Trinajstić information content (AvgIpc) is 2.69. The van der Waals surface area contributed by atoms with Crippen molar-refractivity contribution in [3.05, 3.63) is 35.9 Å². The van der Waals surface area contributed by atoms with Crippen molar-refractivity contribution in [3.8, 4) is 0 Å². The van der Waals surface area contributed by atoms with E-state index in [2.05, 4.69) is 10.6 Å². The largest absolute Gasteiger partial charge is 0.370 e. The molecule has 0 unspecified atom stereocenters. The zero-order valence-electron chi connectivity index (χ0n) is 12.2. The second kappa shape index (κ2) is 8.74. The summed E-state index contributed by atoms with van der Waals surface area (Å²) in [5, 5.41) is 6.02. The summed E-state index contributed by atoms with van der Waals surface area (Å²) in [5.41, 5.74) is 1.10. The van der Waals surface area contributed by atoms with Crippen molar-refractivity contribution >= 4 is 5.91 Å². The molecule has 1 aromatic carbocycles. The van der Waals surface area contributed by atoms with Gasteiger partial charge in [0, 0.05) is 20.2 Å². The van der Waals surface area contributed by atoms with Crippen LogP contribution in [0.5, 0.6) is 0 Å². The maximum Gasteiger partial charge on any atom is 0.250 e. The van der Waals surface area contributed by atoms with Crippen LogP contribution in [0.3, 0.4) is 0 Å². The number of ether oxygens (including phenoxy) is 3. The number of rotatable bonds is 7. The summed E-state index contributed by atoms with van der Waals surface area (Å²) < 4.78 is 16.2. The van der Waals surface area contributed by atoms with Crippen LogP contribution in [0.25, 0.3) is 0 Å². The number of methoxy groups -OCH3 is 1. The van der Waals surface area contributed by atoms with Crippen LogP contribution in [0.1, 0.15) is 5.56 Å². The third-order valence-corrected chi connectivity index (χ3v) is 3.28. The van der Waals surface area contributed by atoms with Gasteiger partial charge >= 0.3 is 0 Å². The highest BCUT2D eigenvalue weighted by Crippen LogP contribution is 2.04. The molecule has 6 heteroatoms. The molecule has 1 aromatic rings. The van der Waals surface area contributed by atoms with Crippen LogP contribution in [-0.4, -0.2) is 51.7 Å². The number of amides is 1. The van der Waals surface area contributed by atoms with Crippen molar-refractivity contribution in [1.82, 2.24) is 10.6 Å². The Bertz CT molecular complexity index is 427. The zero-order valence-corrected chi connectivity index (χ0v) is 12.2. The number of hydrogen-bond donors (Lipinski definition) is 2. The Morgan fingerprint density at radius 3 is 2.76 bits per heavy atom. The van der Waals surface area contributed by atoms with Crippen LogP contribution >= 0.6 is 0 Å². The third-order valence-electron chi connectivity index (χ3n) is 3.28. The Balaban J connectivity index is 1.68. The standard InChI is InChI=1S/C15H22N2O4/c1-19-14-13(16-7-8-17-15(14)18)10-21-11-20-9-12-5-3-2-4-6-12/h2-6,13-14,16H,7-11H2,1H3,(H,17,18)/t13-,14+/m0/s1. The van der Waals surface area contributed by atoms with E-state index >= 15 is 0 Å². The molecule has 1 amide bonds. The van der Waals surface area contributed by atoms with Crippen LogP contribution in [0.2, 0.25) is 0 Å². The van der Waals surface area contributed by atoms with Gasteiger partial charge in [-0.05, 0) is 5.56 Å². The Morgan fingerprint density at radius 1 is 1.19 bits per heavy atom. The first-order valence-corrected chi connectivity index (χ1v) is 7.04. The molecule has 0 bridgehead atoms. The van der Waals surface area contributed by atoms with Crippen LogP contribution in [0.15, 0.2) is 30.3 Å². The van der Waals surface area contributed by atoms with Crippen LogP contribution in [0, 0.1) is 0 Å². The Hall–Kier alpha value is -1.47. The summed E-state index contributed by atoms with van der Waals surface area (Å²) in [5.74, 6) is -0.110. The molecule has 0 aliphatic carbocycles. The first-order chi connectivity index (χ1) is 10.3. The molecule has 6 nitrogen and oxygen atoms in total. The van der Waals surface area contributed by atoms with Gasteiger partial charge in [-0.15, -0.1) is 0 Å². The lowest BCUT2D eigenvalue weighted by Gasteiger charge is -2.22. The summed E-state index contributed by atoms with van der Waals surface area (Å²) in [6.45, 7) is 2.35. The third kappa shape index (κ3) is 5.09. The minimum Gasteiger partial charge on any atom is -0.370 e. The molecule has 0 saturated carbocycles. The molecule has 1 saturated heterocycles. The van der Waals surface area contributed by atoms with E-state index in [1.165, 1.54) is 7.11 Å². The monoisotopic (exact) mass is 294 g/mol. The van der Waals surface area contributed by atoms with Crippen molar-refractivity contribution in [2.75, 3.05) is 33.6 Å². The minimum absolute atomic E-state index is 0.110. The first kappa shape index (κ1) is 15.9. The van der Waals surface area contributed by atoms with Gasteiger partial charge in [0.05, 0.1) is 19.3 Å². The maximum atomic E-state index is 11.8. The van der Waals surface area contributed by atoms with Crippen molar-refractivity contribution in [1.29, 1.82) is 0 Å². The van der Waals surface area contributed by atoms with Gasteiger partial charge in [0.1, 0.15) is 6.79 Å². The molecule has 1 aliphatic heterocycles. The van der Waals surface area contributed by atoms with Crippen molar-refractivity contribution in [2.24, 2.45) is 0 Å². The molecule has 1 heterocycles. The van der Waals surface area contributed by atoms with Crippen LogP contribution in [-0.2, 0) is 25.6 Å². The molecule has 116 valence electrons. The number of hydrogen-bond acceptors (Lipinski definition) is 5. The summed E-state index contributed by atoms with van der Waals surface area (Å²) in [7, 11) is 1.52.